The van der Waals surface area contributed by atoms with Crippen LogP contribution < -0.4 is 34.9 Å². The van der Waals surface area contributed by atoms with Crippen molar-refractivity contribution in [3.05, 3.63) is 0 Å². The summed E-state index contributed by atoms with van der Waals surface area (Å²) in [5.41, 5.74) is -0.561. The molecule has 1 atom stereocenters. The maximum Gasteiger partial charge on any atom is 1.00 e. The first-order chi connectivity index (χ1) is 5.84. The van der Waals surface area contributed by atoms with Crippen molar-refractivity contribution >= 4 is 11.9 Å². The number of carbonyl (C=O) groups is 2. The SMILES string of the molecule is CC1NC(C)(C)N(CC(=O)O)C1=O.[Na+]. The number of carbonyl (C=O) groups excluding carboxylic acids is 1. The molecule has 74 valence electrons. The third-order valence-corrected chi connectivity index (χ3v) is 2.17. The van der Waals surface area contributed by atoms with Crippen molar-refractivity contribution in [3.63, 3.8) is 0 Å². The Hall–Kier alpha value is -0.100. The van der Waals surface area contributed by atoms with Crippen LogP contribution in [-0.4, -0.2) is 40.1 Å². The summed E-state index contributed by atoms with van der Waals surface area (Å²) in [4.78, 5) is 23.3. The monoisotopic (exact) mass is 209 g/mol. The Bertz CT molecular complexity index is 255. The molecule has 0 saturated carbocycles. The van der Waals surface area contributed by atoms with Crippen LogP contribution in [0.15, 0.2) is 0 Å². The molecule has 1 aliphatic rings. The molecule has 0 aromatic heterocycles. The maximum atomic E-state index is 11.5. The van der Waals surface area contributed by atoms with Crippen molar-refractivity contribution < 1.29 is 44.3 Å². The van der Waals surface area contributed by atoms with Gasteiger partial charge >= 0.3 is 35.5 Å². The van der Waals surface area contributed by atoms with E-state index in [2.05, 4.69) is 5.32 Å². The van der Waals surface area contributed by atoms with Crippen molar-refractivity contribution in [3.8, 4) is 0 Å². The Kier molecular flexibility index (Phi) is 4.58. The number of hydrogen-bond donors (Lipinski definition) is 2. The summed E-state index contributed by atoms with van der Waals surface area (Å²) in [6.45, 7) is 5.06. The molecule has 1 amide bonds. The number of hydrogen-bond acceptors (Lipinski definition) is 3. The topological polar surface area (TPSA) is 69.6 Å². The molecule has 1 heterocycles. The number of nitrogens with one attached hydrogen (secondary N) is 1. The van der Waals surface area contributed by atoms with Crippen LogP contribution in [0.3, 0.4) is 0 Å². The van der Waals surface area contributed by atoms with Crippen molar-refractivity contribution in [2.45, 2.75) is 32.5 Å². The van der Waals surface area contributed by atoms with E-state index in [-0.39, 0.29) is 48.1 Å². The van der Waals surface area contributed by atoms with E-state index in [4.69, 9.17) is 5.11 Å². The minimum atomic E-state index is -0.989. The molecule has 5 nitrogen and oxygen atoms in total. The Morgan fingerprint density at radius 2 is 2.14 bits per heavy atom. The largest absolute Gasteiger partial charge is 1.00 e. The van der Waals surface area contributed by atoms with E-state index in [1.807, 2.05) is 0 Å². The Morgan fingerprint density at radius 3 is 2.43 bits per heavy atom. The molecule has 1 saturated heterocycles. The fourth-order valence-corrected chi connectivity index (χ4v) is 1.59. The van der Waals surface area contributed by atoms with Crippen LogP contribution in [0.2, 0.25) is 0 Å². The van der Waals surface area contributed by atoms with E-state index in [1.165, 1.54) is 4.90 Å². The second kappa shape index (κ2) is 4.61. The van der Waals surface area contributed by atoms with Crippen LogP contribution in [0, 0.1) is 0 Å². The molecule has 0 aromatic rings. The molecule has 0 bridgehead atoms. The van der Waals surface area contributed by atoms with Gasteiger partial charge in [0.15, 0.2) is 0 Å². The number of carboxylic acids is 1. The quantitative estimate of drug-likeness (QED) is 0.466. The molecule has 14 heavy (non-hydrogen) atoms. The van der Waals surface area contributed by atoms with Gasteiger partial charge in [-0.2, -0.15) is 0 Å². The van der Waals surface area contributed by atoms with Crippen LogP contribution in [0.4, 0.5) is 0 Å². The standard InChI is InChI=1S/C8H14N2O3.Na/c1-5-7(13)10(4-6(11)12)8(2,3)9-5;/h5,9H,4H2,1-3H3,(H,11,12);/q;+1. The first-order valence-corrected chi connectivity index (χ1v) is 4.15. The molecule has 1 unspecified atom stereocenters. The average Bonchev–Trinajstić information content (AvgIpc) is 2.12. The van der Waals surface area contributed by atoms with Crippen LogP contribution >= 0.6 is 0 Å². The first kappa shape index (κ1) is 13.9. The summed E-state index contributed by atoms with van der Waals surface area (Å²) in [6, 6.07) is -0.297. The molecule has 0 aliphatic carbocycles. The zero-order chi connectivity index (χ0) is 10.2. The van der Waals surface area contributed by atoms with Crippen LogP contribution in [-0.2, 0) is 9.59 Å². The van der Waals surface area contributed by atoms with Gasteiger partial charge in [-0.25, -0.2) is 0 Å². The van der Waals surface area contributed by atoms with Crippen molar-refractivity contribution in [1.82, 2.24) is 10.2 Å². The van der Waals surface area contributed by atoms with E-state index < -0.39 is 11.6 Å². The van der Waals surface area contributed by atoms with Gasteiger partial charge in [0.05, 0.1) is 11.7 Å². The van der Waals surface area contributed by atoms with Crippen LogP contribution in [0.5, 0.6) is 0 Å². The smallest absolute Gasteiger partial charge is 0.480 e. The number of rotatable bonds is 2. The fourth-order valence-electron chi connectivity index (χ4n) is 1.59. The van der Waals surface area contributed by atoms with Crippen LogP contribution in [0.25, 0.3) is 0 Å². The van der Waals surface area contributed by atoms with Gasteiger partial charge in [-0.15, -0.1) is 0 Å². The number of aliphatic carboxylic acids is 1. The number of carboxylic acid groups (broad SMARTS) is 1. The van der Waals surface area contributed by atoms with E-state index in [9.17, 15) is 9.59 Å². The number of nitrogens with zero attached hydrogens (tertiary/aromatic N) is 1. The first-order valence-electron chi connectivity index (χ1n) is 4.15. The second-order valence-electron chi connectivity index (χ2n) is 3.74. The van der Waals surface area contributed by atoms with Gasteiger partial charge in [-0.1, -0.05) is 0 Å². The Labute approximate surface area is 105 Å². The normalized spacial score (nSPS) is 24.6. The van der Waals surface area contributed by atoms with Gasteiger partial charge in [0.2, 0.25) is 5.91 Å². The average molecular weight is 209 g/mol. The summed E-state index contributed by atoms with van der Waals surface area (Å²) in [5.74, 6) is -1.15. The van der Waals surface area contributed by atoms with Crippen molar-refractivity contribution in [2.75, 3.05) is 6.54 Å². The molecule has 0 spiro atoms. The second-order valence-corrected chi connectivity index (χ2v) is 3.74. The third kappa shape index (κ3) is 2.70. The third-order valence-electron chi connectivity index (χ3n) is 2.17. The Morgan fingerprint density at radius 1 is 1.64 bits per heavy atom. The zero-order valence-electron chi connectivity index (χ0n) is 9.00. The van der Waals surface area contributed by atoms with E-state index in [0.717, 1.165) is 0 Å². The minimum Gasteiger partial charge on any atom is -0.480 e. The molecule has 1 aliphatic heterocycles. The summed E-state index contributed by atoms with van der Waals surface area (Å²) in [7, 11) is 0. The fraction of sp³-hybridized carbons (Fsp3) is 0.750. The van der Waals surface area contributed by atoms with E-state index >= 15 is 0 Å². The van der Waals surface area contributed by atoms with Gasteiger partial charge in [0, 0.05) is 0 Å². The maximum absolute atomic E-state index is 11.5. The van der Waals surface area contributed by atoms with Crippen molar-refractivity contribution in [2.24, 2.45) is 0 Å². The molecule has 1 fully saturated rings. The molecule has 1 rings (SSSR count). The van der Waals surface area contributed by atoms with Gasteiger partial charge < -0.3 is 10.0 Å². The van der Waals surface area contributed by atoms with Crippen molar-refractivity contribution in [1.29, 1.82) is 0 Å². The van der Waals surface area contributed by atoms with E-state index in [0.29, 0.717) is 0 Å². The molecular weight excluding hydrogens is 195 g/mol. The summed E-state index contributed by atoms with van der Waals surface area (Å²) < 4.78 is 0. The molecule has 2 N–H and O–H groups in total. The van der Waals surface area contributed by atoms with Crippen LogP contribution in [0.1, 0.15) is 20.8 Å². The Balaban J connectivity index is 0.00000169. The molecule has 6 heteroatoms. The summed E-state index contributed by atoms with van der Waals surface area (Å²) in [5, 5.41) is 11.6. The van der Waals surface area contributed by atoms with Gasteiger partial charge in [0.1, 0.15) is 6.54 Å². The van der Waals surface area contributed by atoms with Gasteiger partial charge in [-0.3, -0.25) is 14.9 Å². The minimum absolute atomic E-state index is 0. The molecule has 0 aromatic carbocycles. The molecule has 0 radical (unpaired) electrons. The predicted octanol–water partition coefficient (Wildman–Crippen LogP) is -3.37. The summed E-state index contributed by atoms with van der Waals surface area (Å²) >= 11 is 0. The molecular formula is C8H14N2NaO3+. The van der Waals surface area contributed by atoms with Gasteiger partial charge in [0.25, 0.3) is 0 Å². The van der Waals surface area contributed by atoms with Gasteiger partial charge in [-0.05, 0) is 20.8 Å². The summed E-state index contributed by atoms with van der Waals surface area (Å²) in [6.07, 6.45) is 0. The van der Waals surface area contributed by atoms with E-state index in [1.54, 1.807) is 20.8 Å². The zero-order valence-corrected chi connectivity index (χ0v) is 11.0. The number of amides is 1. The predicted molar refractivity (Wildman–Crippen MR) is 46.0 cm³/mol.